The number of nitrogens with two attached hydrogens (primary N) is 1. The maximum absolute atomic E-state index is 13.1. The lowest BCUT2D eigenvalue weighted by molar-refractivity contribution is 0.628. The maximum Gasteiger partial charge on any atom is 0.151 e. The zero-order valence-electron chi connectivity index (χ0n) is 9.15. The number of hydrogen-bond donors (Lipinski definition) is 2. The van der Waals surface area contributed by atoms with E-state index in [-0.39, 0.29) is 37.4 Å². The predicted molar refractivity (Wildman–Crippen MR) is 78.4 cm³/mol. The first-order valence-corrected chi connectivity index (χ1v) is 6.42. The average Bonchev–Trinajstić information content (AvgIpc) is 2.29. The van der Waals surface area contributed by atoms with Gasteiger partial charge in [-0.15, -0.1) is 0 Å². The molecule has 0 saturated carbocycles. The fourth-order valence-corrected chi connectivity index (χ4v) is 2.31. The summed E-state index contributed by atoms with van der Waals surface area (Å²) in [4.78, 5) is 3.96. The van der Waals surface area contributed by atoms with Gasteiger partial charge in [-0.2, -0.15) is 0 Å². The lowest BCUT2D eigenvalue weighted by atomic mass is 10.3. The van der Waals surface area contributed by atoms with Crippen molar-refractivity contribution in [3.05, 3.63) is 44.1 Å². The van der Waals surface area contributed by atoms with Gasteiger partial charge in [-0.25, -0.2) is 9.37 Å². The van der Waals surface area contributed by atoms with Crippen molar-refractivity contribution in [3.8, 4) is 0 Å². The lowest BCUT2D eigenvalue weighted by Gasteiger charge is -2.12. The number of pyridine rings is 1. The second kappa shape index (κ2) is 5.59. The number of hydrogen-bond acceptors (Lipinski definition) is 3. The number of aromatic nitrogens is 1. The van der Waals surface area contributed by atoms with Gasteiger partial charge in [0.2, 0.25) is 0 Å². The molecule has 0 bridgehead atoms. The molecule has 0 aliphatic carbocycles. The summed E-state index contributed by atoms with van der Waals surface area (Å²) in [7, 11) is 0. The number of benzene rings is 1. The lowest BCUT2D eigenvalue weighted by Crippen LogP contribution is -2.00. The first-order chi connectivity index (χ1) is 8.88. The molecule has 0 spiro atoms. The molecular formula is C11H6Cl4FN3. The number of halogens is 5. The van der Waals surface area contributed by atoms with E-state index in [2.05, 4.69) is 10.3 Å². The summed E-state index contributed by atoms with van der Waals surface area (Å²) in [6.45, 7) is 0. The van der Waals surface area contributed by atoms with Crippen molar-refractivity contribution >= 4 is 63.7 Å². The molecule has 0 aliphatic heterocycles. The van der Waals surface area contributed by atoms with E-state index in [9.17, 15) is 4.39 Å². The Morgan fingerprint density at radius 3 is 2.11 bits per heavy atom. The molecule has 19 heavy (non-hydrogen) atoms. The third kappa shape index (κ3) is 3.15. The molecule has 1 aromatic heterocycles. The SMILES string of the molecule is Nc1nc(Nc2c(Cl)cc(F)cc2Cl)c(Cl)cc1Cl. The van der Waals surface area contributed by atoms with E-state index in [1.54, 1.807) is 0 Å². The minimum absolute atomic E-state index is 0.0939. The summed E-state index contributed by atoms with van der Waals surface area (Å²) in [6.07, 6.45) is 0. The zero-order valence-corrected chi connectivity index (χ0v) is 12.2. The monoisotopic (exact) mass is 339 g/mol. The van der Waals surface area contributed by atoms with Crippen LogP contribution in [0, 0.1) is 5.82 Å². The van der Waals surface area contributed by atoms with Gasteiger partial charge in [0, 0.05) is 0 Å². The molecule has 0 atom stereocenters. The minimum Gasteiger partial charge on any atom is -0.382 e. The van der Waals surface area contributed by atoms with Gasteiger partial charge in [-0.3, -0.25) is 0 Å². The van der Waals surface area contributed by atoms with Crippen LogP contribution in [0.2, 0.25) is 20.1 Å². The third-order valence-corrected chi connectivity index (χ3v) is 3.39. The van der Waals surface area contributed by atoms with Crippen LogP contribution in [-0.4, -0.2) is 4.98 Å². The van der Waals surface area contributed by atoms with Gasteiger partial charge in [-0.1, -0.05) is 46.4 Å². The molecule has 2 rings (SSSR count). The highest BCUT2D eigenvalue weighted by atomic mass is 35.5. The van der Waals surface area contributed by atoms with Crippen LogP contribution in [0.1, 0.15) is 0 Å². The molecule has 100 valence electrons. The second-order valence-corrected chi connectivity index (χ2v) is 5.18. The van der Waals surface area contributed by atoms with Gasteiger partial charge in [0.05, 0.1) is 25.8 Å². The molecule has 0 radical (unpaired) electrons. The van der Waals surface area contributed by atoms with E-state index < -0.39 is 5.82 Å². The van der Waals surface area contributed by atoms with Gasteiger partial charge in [-0.05, 0) is 18.2 Å². The van der Waals surface area contributed by atoms with Crippen LogP contribution in [0.25, 0.3) is 0 Å². The highest BCUT2D eigenvalue weighted by Crippen LogP contribution is 2.36. The smallest absolute Gasteiger partial charge is 0.151 e. The van der Waals surface area contributed by atoms with E-state index in [0.29, 0.717) is 0 Å². The fourth-order valence-electron chi connectivity index (χ4n) is 1.35. The Balaban J connectivity index is 2.45. The highest BCUT2D eigenvalue weighted by Gasteiger charge is 2.13. The van der Waals surface area contributed by atoms with Crippen LogP contribution in [0.15, 0.2) is 18.2 Å². The van der Waals surface area contributed by atoms with Crippen LogP contribution in [0.5, 0.6) is 0 Å². The molecule has 8 heteroatoms. The molecule has 0 amide bonds. The largest absolute Gasteiger partial charge is 0.382 e. The van der Waals surface area contributed by atoms with Crippen molar-refractivity contribution < 1.29 is 4.39 Å². The van der Waals surface area contributed by atoms with E-state index in [4.69, 9.17) is 52.1 Å². The summed E-state index contributed by atoms with van der Waals surface area (Å²) in [5, 5.41) is 3.44. The molecule has 1 heterocycles. The van der Waals surface area contributed by atoms with E-state index in [0.717, 1.165) is 12.1 Å². The van der Waals surface area contributed by atoms with Crippen molar-refractivity contribution in [2.45, 2.75) is 0 Å². The number of rotatable bonds is 2. The summed E-state index contributed by atoms with van der Waals surface area (Å²) in [5.74, 6) is -0.225. The van der Waals surface area contributed by atoms with Crippen LogP contribution in [-0.2, 0) is 0 Å². The van der Waals surface area contributed by atoms with Gasteiger partial charge < -0.3 is 11.1 Å². The van der Waals surface area contributed by atoms with E-state index >= 15 is 0 Å². The first kappa shape index (κ1) is 14.5. The molecule has 0 unspecified atom stereocenters. The standard InChI is InChI=1S/C11H6Cl4FN3/c12-5-1-4(16)2-6(13)9(5)18-11-8(15)3-7(14)10(17)19-11/h1-3H,(H3,17,18,19). The topological polar surface area (TPSA) is 50.9 Å². The number of nitrogens with zero attached hydrogens (tertiary/aromatic N) is 1. The Bertz CT molecular complexity index is 625. The normalized spacial score (nSPS) is 10.6. The van der Waals surface area contributed by atoms with Crippen LogP contribution in [0.4, 0.5) is 21.7 Å². The Kier molecular flexibility index (Phi) is 4.26. The van der Waals surface area contributed by atoms with Crippen molar-refractivity contribution in [3.63, 3.8) is 0 Å². The van der Waals surface area contributed by atoms with Crippen molar-refractivity contribution in [1.82, 2.24) is 4.98 Å². The average molecular weight is 341 g/mol. The van der Waals surface area contributed by atoms with E-state index in [1.807, 2.05) is 0 Å². The van der Waals surface area contributed by atoms with Crippen molar-refractivity contribution in [2.75, 3.05) is 11.1 Å². The van der Waals surface area contributed by atoms with Crippen LogP contribution < -0.4 is 11.1 Å². The Morgan fingerprint density at radius 2 is 1.53 bits per heavy atom. The Hall–Kier alpha value is -0.940. The van der Waals surface area contributed by atoms with Gasteiger partial charge in [0.15, 0.2) is 5.82 Å². The third-order valence-electron chi connectivity index (χ3n) is 2.21. The van der Waals surface area contributed by atoms with Gasteiger partial charge in [0.1, 0.15) is 11.6 Å². The molecule has 3 nitrogen and oxygen atoms in total. The first-order valence-electron chi connectivity index (χ1n) is 4.91. The van der Waals surface area contributed by atoms with E-state index in [1.165, 1.54) is 6.07 Å². The predicted octanol–water partition coefficient (Wildman–Crippen LogP) is 5.16. The number of nitrogen functional groups attached to an aromatic ring is 1. The molecule has 2 aromatic rings. The zero-order chi connectivity index (χ0) is 14.2. The second-order valence-electron chi connectivity index (χ2n) is 3.56. The summed E-state index contributed by atoms with van der Waals surface area (Å²) < 4.78 is 13.1. The molecule has 0 saturated heterocycles. The van der Waals surface area contributed by atoms with Gasteiger partial charge in [0.25, 0.3) is 0 Å². The molecule has 0 fully saturated rings. The minimum atomic E-state index is -0.546. The molecular weight excluding hydrogens is 335 g/mol. The van der Waals surface area contributed by atoms with Crippen LogP contribution in [0.3, 0.4) is 0 Å². The summed E-state index contributed by atoms with van der Waals surface area (Å²) in [6, 6.07) is 3.66. The summed E-state index contributed by atoms with van der Waals surface area (Å²) >= 11 is 23.5. The fraction of sp³-hybridized carbons (Fsp3) is 0. The van der Waals surface area contributed by atoms with Gasteiger partial charge >= 0.3 is 0 Å². The van der Waals surface area contributed by atoms with Crippen molar-refractivity contribution in [2.24, 2.45) is 0 Å². The Morgan fingerprint density at radius 1 is 0.947 bits per heavy atom. The summed E-state index contributed by atoms with van der Waals surface area (Å²) in [5.41, 5.74) is 5.85. The van der Waals surface area contributed by atoms with Crippen LogP contribution >= 0.6 is 46.4 Å². The molecule has 0 aliphatic rings. The van der Waals surface area contributed by atoms with Crippen molar-refractivity contribution in [1.29, 1.82) is 0 Å². The Labute approximate surface area is 128 Å². The maximum atomic E-state index is 13.1. The highest BCUT2D eigenvalue weighted by molar-refractivity contribution is 6.40. The molecule has 1 aromatic carbocycles. The number of nitrogens with one attached hydrogen (secondary N) is 1. The molecule has 3 N–H and O–H groups in total. The number of anilines is 3. The quantitative estimate of drug-likeness (QED) is 0.793.